The molecule has 0 aliphatic heterocycles. The van der Waals surface area contributed by atoms with Crippen molar-refractivity contribution in [3.63, 3.8) is 0 Å². The minimum atomic E-state index is 0.240. The summed E-state index contributed by atoms with van der Waals surface area (Å²) in [6.07, 6.45) is 0.919. The first-order valence-electron chi connectivity index (χ1n) is 6.99. The summed E-state index contributed by atoms with van der Waals surface area (Å²) in [6.45, 7) is 6.86. The van der Waals surface area contributed by atoms with Gasteiger partial charge in [0.1, 0.15) is 0 Å². The van der Waals surface area contributed by atoms with Crippen LogP contribution in [0.15, 0.2) is 34.7 Å². The third-order valence-electron chi connectivity index (χ3n) is 2.88. The highest BCUT2D eigenvalue weighted by Gasteiger charge is 2.09. The topological polar surface area (TPSA) is 63.0 Å². The van der Waals surface area contributed by atoms with Crippen LogP contribution in [0.3, 0.4) is 0 Å². The zero-order chi connectivity index (χ0) is 14.4. The minimum absolute atomic E-state index is 0.240. The van der Waals surface area contributed by atoms with Crippen LogP contribution in [0, 0.1) is 0 Å². The number of benzene rings is 1. The van der Waals surface area contributed by atoms with E-state index in [1.807, 2.05) is 18.2 Å². The summed E-state index contributed by atoms with van der Waals surface area (Å²) in [6, 6.07) is 11.5. The second-order valence-corrected chi connectivity index (χ2v) is 5.27. The predicted molar refractivity (Wildman–Crippen MR) is 79.5 cm³/mol. The van der Waals surface area contributed by atoms with E-state index in [2.05, 4.69) is 53.7 Å². The molecule has 5 nitrogen and oxygen atoms in total. The molecule has 0 spiro atoms. The Morgan fingerprint density at radius 1 is 1.10 bits per heavy atom. The van der Waals surface area contributed by atoms with Crippen molar-refractivity contribution in [2.75, 3.05) is 5.32 Å². The molecule has 0 bridgehead atoms. The average Bonchev–Trinajstić information content (AvgIpc) is 2.85. The molecular formula is C15H22N4O. The summed E-state index contributed by atoms with van der Waals surface area (Å²) in [4.78, 5) is 0. The SMILES string of the molecule is CC(C)NCc1nnc(NC(C)Cc2ccccc2)o1. The third kappa shape index (κ3) is 4.66. The molecule has 0 aliphatic rings. The summed E-state index contributed by atoms with van der Waals surface area (Å²) in [7, 11) is 0. The fourth-order valence-corrected chi connectivity index (χ4v) is 1.90. The Morgan fingerprint density at radius 2 is 1.85 bits per heavy atom. The Balaban J connectivity index is 1.83. The molecule has 0 radical (unpaired) electrons. The highest BCUT2D eigenvalue weighted by atomic mass is 16.4. The average molecular weight is 274 g/mol. The maximum absolute atomic E-state index is 5.55. The van der Waals surface area contributed by atoms with Crippen LogP contribution in [0.2, 0.25) is 0 Å². The number of nitrogens with one attached hydrogen (secondary N) is 2. The molecule has 0 saturated carbocycles. The van der Waals surface area contributed by atoms with E-state index < -0.39 is 0 Å². The zero-order valence-corrected chi connectivity index (χ0v) is 12.3. The lowest BCUT2D eigenvalue weighted by atomic mass is 10.1. The Kier molecular flexibility index (Phi) is 5.12. The Bertz CT molecular complexity index is 510. The minimum Gasteiger partial charge on any atom is -0.407 e. The van der Waals surface area contributed by atoms with Crippen molar-refractivity contribution in [1.29, 1.82) is 0 Å². The number of rotatable bonds is 7. The maximum atomic E-state index is 5.55. The van der Waals surface area contributed by atoms with Crippen molar-refractivity contribution in [3.05, 3.63) is 41.8 Å². The molecule has 108 valence electrons. The smallest absolute Gasteiger partial charge is 0.315 e. The summed E-state index contributed by atoms with van der Waals surface area (Å²) in [5.41, 5.74) is 1.29. The molecule has 0 saturated heterocycles. The van der Waals surface area contributed by atoms with Crippen molar-refractivity contribution < 1.29 is 4.42 Å². The normalized spacial score (nSPS) is 12.6. The first-order chi connectivity index (χ1) is 9.63. The first-order valence-corrected chi connectivity index (χ1v) is 6.99. The van der Waals surface area contributed by atoms with Gasteiger partial charge in [0.15, 0.2) is 0 Å². The number of anilines is 1. The van der Waals surface area contributed by atoms with Gasteiger partial charge in [0, 0.05) is 12.1 Å². The second-order valence-electron chi connectivity index (χ2n) is 5.27. The highest BCUT2D eigenvalue weighted by molar-refractivity contribution is 5.22. The highest BCUT2D eigenvalue weighted by Crippen LogP contribution is 2.10. The van der Waals surface area contributed by atoms with Crippen molar-refractivity contribution in [2.24, 2.45) is 0 Å². The van der Waals surface area contributed by atoms with Gasteiger partial charge in [0.2, 0.25) is 5.89 Å². The molecule has 20 heavy (non-hydrogen) atoms. The molecule has 0 fully saturated rings. The zero-order valence-electron chi connectivity index (χ0n) is 12.3. The standard InChI is InChI=1S/C15H22N4O/c1-11(2)16-10-14-18-19-15(20-14)17-12(3)9-13-7-5-4-6-8-13/h4-8,11-12,16H,9-10H2,1-3H3,(H,17,19). The summed E-state index contributed by atoms with van der Waals surface area (Å²) in [5, 5.41) is 14.5. The molecular weight excluding hydrogens is 252 g/mol. The monoisotopic (exact) mass is 274 g/mol. The number of nitrogens with zero attached hydrogens (tertiary/aromatic N) is 2. The number of aromatic nitrogens is 2. The van der Waals surface area contributed by atoms with Gasteiger partial charge in [0.25, 0.3) is 0 Å². The van der Waals surface area contributed by atoms with E-state index in [1.165, 1.54) is 5.56 Å². The van der Waals surface area contributed by atoms with Crippen LogP contribution in [0.1, 0.15) is 32.2 Å². The van der Waals surface area contributed by atoms with Crippen molar-refractivity contribution in [2.45, 2.75) is 45.8 Å². The summed E-state index contributed by atoms with van der Waals surface area (Å²) >= 11 is 0. The van der Waals surface area contributed by atoms with Gasteiger partial charge >= 0.3 is 6.01 Å². The lowest BCUT2D eigenvalue weighted by Crippen LogP contribution is -2.22. The van der Waals surface area contributed by atoms with E-state index in [0.717, 1.165) is 6.42 Å². The fourth-order valence-electron chi connectivity index (χ4n) is 1.90. The van der Waals surface area contributed by atoms with Crippen LogP contribution < -0.4 is 10.6 Å². The van der Waals surface area contributed by atoms with Gasteiger partial charge < -0.3 is 15.1 Å². The van der Waals surface area contributed by atoms with Gasteiger partial charge in [-0.2, -0.15) is 0 Å². The molecule has 0 aliphatic carbocycles. The molecule has 0 amide bonds. The predicted octanol–water partition coefficient (Wildman–Crippen LogP) is 2.61. The molecule has 1 aromatic heterocycles. The van der Waals surface area contributed by atoms with Gasteiger partial charge in [-0.3, -0.25) is 0 Å². The van der Waals surface area contributed by atoms with E-state index in [1.54, 1.807) is 0 Å². The van der Waals surface area contributed by atoms with Crippen LogP contribution in [-0.2, 0) is 13.0 Å². The molecule has 1 aromatic carbocycles. The lowest BCUT2D eigenvalue weighted by Gasteiger charge is -2.11. The van der Waals surface area contributed by atoms with Crippen LogP contribution >= 0.6 is 0 Å². The van der Waals surface area contributed by atoms with Gasteiger partial charge in [-0.05, 0) is 18.9 Å². The van der Waals surface area contributed by atoms with Gasteiger partial charge in [-0.25, -0.2) is 0 Å². The Morgan fingerprint density at radius 3 is 2.55 bits per heavy atom. The largest absolute Gasteiger partial charge is 0.407 e. The molecule has 2 rings (SSSR count). The van der Waals surface area contributed by atoms with Gasteiger partial charge in [0.05, 0.1) is 6.54 Å². The number of hydrogen-bond acceptors (Lipinski definition) is 5. The fraction of sp³-hybridized carbons (Fsp3) is 0.467. The van der Waals surface area contributed by atoms with E-state index in [0.29, 0.717) is 24.5 Å². The molecule has 1 heterocycles. The van der Waals surface area contributed by atoms with Crippen LogP contribution in [0.4, 0.5) is 6.01 Å². The first kappa shape index (κ1) is 14.5. The van der Waals surface area contributed by atoms with Crippen LogP contribution in [-0.4, -0.2) is 22.3 Å². The lowest BCUT2D eigenvalue weighted by molar-refractivity contribution is 0.456. The summed E-state index contributed by atoms with van der Waals surface area (Å²) in [5.74, 6) is 0.605. The van der Waals surface area contributed by atoms with Crippen molar-refractivity contribution >= 4 is 6.01 Å². The van der Waals surface area contributed by atoms with E-state index in [4.69, 9.17) is 4.42 Å². The third-order valence-corrected chi connectivity index (χ3v) is 2.88. The van der Waals surface area contributed by atoms with Crippen LogP contribution in [0.25, 0.3) is 0 Å². The maximum Gasteiger partial charge on any atom is 0.315 e. The molecule has 1 unspecified atom stereocenters. The number of hydrogen-bond donors (Lipinski definition) is 2. The van der Waals surface area contributed by atoms with E-state index >= 15 is 0 Å². The second kappa shape index (κ2) is 7.05. The van der Waals surface area contributed by atoms with E-state index in [-0.39, 0.29) is 6.04 Å². The van der Waals surface area contributed by atoms with E-state index in [9.17, 15) is 0 Å². The molecule has 2 aromatic rings. The summed E-state index contributed by atoms with van der Waals surface area (Å²) < 4.78 is 5.55. The Labute approximate surface area is 119 Å². The quantitative estimate of drug-likeness (QED) is 0.812. The molecule has 5 heteroatoms. The van der Waals surface area contributed by atoms with Crippen LogP contribution in [0.5, 0.6) is 0 Å². The van der Waals surface area contributed by atoms with Crippen molar-refractivity contribution in [3.8, 4) is 0 Å². The molecule has 1 atom stereocenters. The van der Waals surface area contributed by atoms with Crippen molar-refractivity contribution in [1.82, 2.24) is 15.5 Å². The molecule has 2 N–H and O–H groups in total. The Hall–Kier alpha value is -1.88. The van der Waals surface area contributed by atoms with Gasteiger partial charge in [-0.1, -0.05) is 49.3 Å². The van der Waals surface area contributed by atoms with Gasteiger partial charge in [-0.15, -0.1) is 5.10 Å².